The molecule has 0 bridgehead atoms. The molecule has 0 heterocycles. The fraction of sp³-hybridized carbons (Fsp3) is 0.609. The fourth-order valence-corrected chi connectivity index (χ4v) is 7.98. The molecule has 0 fully saturated rings. The van der Waals surface area contributed by atoms with Gasteiger partial charge in [-0.3, -0.25) is 0 Å². The second-order valence-corrected chi connectivity index (χ2v) is 25.2. The van der Waals surface area contributed by atoms with E-state index in [1.54, 1.807) is 41.5 Å². The number of hydrogen-bond donors (Lipinski definition) is 3. The number of hydrogen-bond acceptors (Lipinski definition) is 8. The molecule has 186 valence electrons. The van der Waals surface area contributed by atoms with Crippen LogP contribution in [0, 0.1) is 0 Å². The molecule has 1 amide bonds. The van der Waals surface area contributed by atoms with Crippen LogP contribution < -0.4 is 8.90 Å². The van der Waals surface area contributed by atoms with Crippen molar-refractivity contribution in [3.8, 4) is 11.5 Å². The van der Waals surface area contributed by atoms with Gasteiger partial charge in [0, 0.05) is 0 Å². The second-order valence-electron chi connectivity index (χ2n) is 10.8. The molecule has 1 unspecified atom stereocenters. The summed E-state index contributed by atoms with van der Waals surface area (Å²) in [5, 5.41) is 23.5. The number of carbonyl (C=O) groups is 3. The SMILES string of the molecule is COC(=O)C(Cc1[c]([Sn]([CH3])([CH3])[CH3])cc(O)c(O)c1C(=O)OC(C)(C)C)NC(=O)OC(C)(C)C. The first-order valence-electron chi connectivity index (χ1n) is 10.7. The van der Waals surface area contributed by atoms with Gasteiger partial charge in [-0.1, -0.05) is 0 Å². The summed E-state index contributed by atoms with van der Waals surface area (Å²) in [6, 6.07) is 0.221. The fourth-order valence-electron chi connectivity index (χ4n) is 3.12. The van der Waals surface area contributed by atoms with E-state index in [-0.39, 0.29) is 12.0 Å². The summed E-state index contributed by atoms with van der Waals surface area (Å²) >= 11 is -3.07. The Balaban J connectivity index is 3.67. The summed E-state index contributed by atoms with van der Waals surface area (Å²) in [7, 11) is 1.18. The van der Waals surface area contributed by atoms with Crippen molar-refractivity contribution in [2.45, 2.75) is 80.0 Å². The zero-order chi connectivity index (χ0) is 25.9. The van der Waals surface area contributed by atoms with Gasteiger partial charge in [0.25, 0.3) is 0 Å². The van der Waals surface area contributed by atoms with Gasteiger partial charge < -0.3 is 0 Å². The third kappa shape index (κ3) is 8.60. The number of nitrogens with one attached hydrogen (secondary N) is 1. The Morgan fingerprint density at radius 3 is 1.94 bits per heavy atom. The van der Waals surface area contributed by atoms with Gasteiger partial charge in [0.15, 0.2) is 0 Å². The van der Waals surface area contributed by atoms with Crippen molar-refractivity contribution in [2.75, 3.05) is 7.11 Å². The minimum atomic E-state index is -3.07. The number of aromatic hydroxyl groups is 2. The van der Waals surface area contributed by atoms with Crippen molar-refractivity contribution in [3.63, 3.8) is 0 Å². The quantitative estimate of drug-likeness (QED) is 0.205. The molecule has 0 aliphatic carbocycles. The number of phenolic OH excluding ortho intramolecular Hbond substituents is 2. The summed E-state index contributed by atoms with van der Waals surface area (Å²) in [4.78, 5) is 44.1. The molecule has 1 atom stereocenters. The molecule has 0 aromatic heterocycles. The van der Waals surface area contributed by atoms with Crippen LogP contribution in [-0.2, 0) is 25.4 Å². The predicted molar refractivity (Wildman–Crippen MR) is 127 cm³/mol. The van der Waals surface area contributed by atoms with Crippen LogP contribution >= 0.6 is 0 Å². The first-order valence-corrected chi connectivity index (χ1v) is 20.6. The number of amides is 1. The standard InChI is InChI=1S/C20H28NO8.3CH3.Sn/c1-19(2,3)28-17(25)14-11(8-9-13(22)15(14)23)10-12(16(24)27-7)21-18(26)29-20(4,5)6;;;;/h9,12,22-23H,10H2,1-7H3,(H,21,26);3*1H3;. The van der Waals surface area contributed by atoms with E-state index in [0.29, 0.717) is 9.14 Å². The summed E-state index contributed by atoms with van der Waals surface area (Å²) < 4.78 is 16.3. The van der Waals surface area contributed by atoms with Crippen LogP contribution in [0.5, 0.6) is 11.5 Å². The number of phenols is 2. The van der Waals surface area contributed by atoms with E-state index < -0.39 is 65.2 Å². The Morgan fingerprint density at radius 1 is 1.00 bits per heavy atom. The molecule has 9 nitrogen and oxygen atoms in total. The van der Waals surface area contributed by atoms with Crippen LogP contribution in [0.25, 0.3) is 0 Å². The normalized spacial score (nSPS) is 13.2. The Bertz CT molecular complexity index is 907. The number of ether oxygens (including phenoxy) is 3. The maximum atomic E-state index is 13.1. The van der Waals surface area contributed by atoms with E-state index in [0.717, 1.165) is 0 Å². The van der Waals surface area contributed by atoms with Crippen LogP contribution in [0.3, 0.4) is 0 Å². The van der Waals surface area contributed by atoms with E-state index >= 15 is 0 Å². The zero-order valence-electron chi connectivity index (χ0n) is 21.2. The Hall–Kier alpha value is -2.17. The molecule has 0 aliphatic heterocycles. The summed E-state index contributed by atoms with van der Waals surface area (Å²) in [5.41, 5.74) is -1.56. The van der Waals surface area contributed by atoms with E-state index in [2.05, 4.69) is 20.1 Å². The molecule has 0 saturated carbocycles. The van der Waals surface area contributed by atoms with Crippen molar-refractivity contribution >= 4 is 40.0 Å². The van der Waals surface area contributed by atoms with Crippen LogP contribution in [0.1, 0.15) is 57.5 Å². The van der Waals surface area contributed by atoms with E-state index in [1.807, 2.05) is 0 Å². The zero-order valence-corrected chi connectivity index (χ0v) is 24.1. The number of benzene rings is 1. The molecule has 0 aliphatic rings. The van der Waals surface area contributed by atoms with Gasteiger partial charge >= 0.3 is 200 Å². The number of esters is 2. The minimum absolute atomic E-state index is 0.169. The summed E-state index contributed by atoms with van der Waals surface area (Å²) in [5.74, 6) is -2.68. The van der Waals surface area contributed by atoms with Gasteiger partial charge in [-0.15, -0.1) is 0 Å². The van der Waals surface area contributed by atoms with Crippen molar-refractivity contribution < 1.29 is 38.8 Å². The molecular weight excluding hydrogens is 537 g/mol. The molecular formula is C23H37NO8Sn. The maximum absolute atomic E-state index is 13.1. The van der Waals surface area contributed by atoms with Crippen molar-refractivity contribution in [1.29, 1.82) is 0 Å². The molecule has 1 aromatic rings. The summed E-state index contributed by atoms with van der Waals surface area (Å²) in [6.45, 7) is 10.1. The third-order valence-electron chi connectivity index (χ3n) is 4.38. The first-order chi connectivity index (χ1) is 14.8. The van der Waals surface area contributed by atoms with E-state index in [4.69, 9.17) is 14.2 Å². The Kier molecular flexibility index (Phi) is 9.09. The van der Waals surface area contributed by atoms with Gasteiger partial charge in [-0.2, -0.15) is 0 Å². The average molecular weight is 574 g/mol. The van der Waals surface area contributed by atoms with Gasteiger partial charge in [0.2, 0.25) is 0 Å². The molecule has 33 heavy (non-hydrogen) atoms. The Labute approximate surface area is 199 Å². The van der Waals surface area contributed by atoms with Crippen molar-refractivity contribution in [1.82, 2.24) is 5.32 Å². The van der Waals surface area contributed by atoms with Crippen LogP contribution in [0.4, 0.5) is 4.79 Å². The van der Waals surface area contributed by atoms with Gasteiger partial charge in [-0.05, 0) is 0 Å². The molecule has 0 saturated heterocycles. The van der Waals surface area contributed by atoms with E-state index in [1.165, 1.54) is 13.2 Å². The Morgan fingerprint density at radius 2 is 1.52 bits per heavy atom. The van der Waals surface area contributed by atoms with Crippen LogP contribution in [0.15, 0.2) is 6.07 Å². The van der Waals surface area contributed by atoms with Gasteiger partial charge in [0.1, 0.15) is 0 Å². The average Bonchev–Trinajstić information content (AvgIpc) is 2.59. The third-order valence-corrected chi connectivity index (χ3v) is 10.3. The molecule has 1 rings (SSSR count). The van der Waals surface area contributed by atoms with E-state index in [9.17, 15) is 24.6 Å². The van der Waals surface area contributed by atoms with Crippen LogP contribution in [0.2, 0.25) is 14.8 Å². The summed E-state index contributed by atoms with van der Waals surface area (Å²) in [6.07, 6.45) is -1.00. The van der Waals surface area contributed by atoms with Gasteiger partial charge in [0.05, 0.1) is 0 Å². The van der Waals surface area contributed by atoms with Crippen LogP contribution in [-0.4, -0.2) is 71.0 Å². The molecule has 10 heteroatoms. The van der Waals surface area contributed by atoms with Crippen molar-refractivity contribution in [2.24, 2.45) is 0 Å². The molecule has 0 radical (unpaired) electrons. The molecule has 0 spiro atoms. The molecule has 1 aromatic carbocycles. The first kappa shape index (κ1) is 28.9. The number of rotatable bonds is 6. The monoisotopic (exact) mass is 575 g/mol. The number of alkyl carbamates (subject to hydrolysis) is 1. The van der Waals surface area contributed by atoms with Gasteiger partial charge in [-0.25, -0.2) is 0 Å². The van der Waals surface area contributed by atoms with Crippen molar-refractivity contribution in [3.05, 3.63) is 17.2 Å². The number of methoxy groups -OCH3 is 1. The molecule has 3 N–H and O–H groups in total. The predicted octanol–water partition coefficient (Wildman–Crippen LogP) is 3.21. The second kappa shape index (κ2) is 10.4. The number of carbonyl (C=O) groups excluding carboxylic acids is 3. The topological polar surface area (TPSA) is 131 Å².